The van der Waals surface area contributed by atoms with Crippen molar-refractivity contribution in [3.05, 3.63) is 24.0 Å². The van der Waals surface area contributed by atoms with Gasteiger partial charge >= 0.3 is 6.36 Å². The lowest BCUT2D eigenvalue weighted by molar-refractivity contribution is -0.274. The van der Waals surface area contributed by atoms with E-state index in [0.717, 1.165) is 12.1 Å². The van der Waals surface area contributed by atoms with Crippen LogP contribution in [-0.4, -0.2) is 18.3 Å². The topological polar surface area (TPSA) is 112 Å². The van der Waals surface area contributed by atoms with Gasteiger partial charge in [-0.1, -0.05) is 0 Å². The fourth-order valence-corrected chi connectivity index (χ4v) is 1.09. The van der Waals surface area contributed by atoms with Gasteiger partial charge < -0.3 is 21.9 Å². The van der Waals surface area contributed by atoms with Crippen LogP contribution in [0.4, 0.5) is 23.2 Å². The molecule has 0 aliphatic rings. The van der Waals surface area contributed by atoms with Crippen molar-refractivity contribution in [3.63, 3.8) is 0 Å². The van der Waals surface area contributed by atoms with E-state index in [1.165, 1.54) is 0 Å². The number of guanidine groups is 2. The molecule has 0 saturated carbocycles. The normalized spacial score (nSPS) is 12.1. The van der Waals surface area contributed by atoms with E-state index in [2.05, 4.69) is 14.7 Å². The molecule has 0 atom stereocenters. The lowest BCUT2D eigenvalue weighted by Crippen LogP contribution is -2.26. The molecular formula is C9H9F4N5O. The second-order valence-corrected chi connectivity index (χ2v) is 3.20. The number of alkyl halides is 3. The lowest BCUT2D eigenvalue weighted by Gasteiger charge is -2.09. The van der Waals surface area contributed by atoms with Crippen molar-refractivity contribution in [1.29, 1.82) is 0 Å². The molecule has 0 radical (unpaired) electrons. The second-order valence-electron chi connectivity index (χ2n) is 3.20. The van der Waals surface area contributed by atoms with Gasteiger partial charge in [0, 0.05) is 12.1 Å². The third-order valence-corrected chi connectivity index (χ3v) is 1.58. The van der Waals surface area contributed by atoms with Crippen LogP contribution in [-0.2, 0) is 0 Å². The minimum absolute atomic E-state index is 0.234. The zero-order valence-electron chi connectivity index (χ0n) is 9.28. The molecule has 0 bridgehead atoms. The Morgan fingerprint density at radius 2 is 1.74 bits per heavy atom. The quantitative estimate of drug-likeness (QED) is 0.425. The van der Waals surface area contributed by atoms with E-state index in [1.807, 2.05) is 0 Å². The Kier molecular flexibility index (Phi) is 4.14. The molecule has 0 aliphatic heterocycles. The first kappa shape index (κ1) is 14.5. The highest BCUT2D eigenvalue weighted by molar-refractivity contribution is 5.93. The minimum Gasteiger partial charge on any atom is -0.406 e. The van der Waals surface area contributed by atoms with Crippen LogP contribution in [0, 0.1) is 5.82 Å². The Labute approximate surface area is 104 Å². The van der Waals surface area contributed by atoms with E-state index < -0.39 is 29.8 Å². The summed E-state index contributed by atoms with van der Waals surface area (Å²) in [6, 6.07) is 2.20. The van der Waals surface area contributed by atoms with Gasteiger partial charge in [0.25, 0.3) is 0 Å². The van der Waals surface area contributed by atoms with Crippen LogP contribution >= 0.6 is 0 Å². The summed E-state index contributed by atoms with van der Waals surface area (Å²) in [5, 5.41) is 0. The van der Waals surface area contributed by atoms with Crippen LogP contribution in [0.2, 0.25) is 0 Å². The predicted molar refractivity (Wildman–Crippen MR) is 60.2 cm³/mol. The zero-order valence-corrected chi connectivity index (χ0v) is 9.28. The Hall–Kier alpha value is -2.52. The summed E-state index contributed by atoms with van der Waals surface area (Å²) >= 11 is 0. The Morgan fingerprint density at radius 3 is 2.26 bits per heavy atom. The van der Waals surface area contributed by atoms with Crippen LogP contribution in [0.5, 0.6) is 5.75 Å². The molecule has 0 heterocycles. The number of hydrogen-bond acceptors (Lipinski definition) is 2. The zero-order chi connectivity index (χ0) is 14.6. The summed E-state index contributed by atoms with van der Waals surface area (Å²) in [6.07, 6.45) is -4.94. The lowest BCUT2D eigenvalue weighted by atomic mass is 10.3. The van der Waals surface area contributed by atoms with Crippen molar-refractivity contribution in [3.8, 4) is 5.75 Å². The first-order valence-corrected chi connectivity index (χ1v) is 4.66. The van der Waals surface area contributed by atoms with Crippen molar-refractivity contribution in [2.24, 2.45) is 27.2 Å². The number of benzene rings is 1. The average Bonchev–Trinajstić information content (AvgIpc) is 2.10. The Morgan fingerprint density at radius 1 is 1.11 bits per heavy atom. The molecule has 0 spiro atoms. The summed E-state index contributed by atoms with van der Waals surface area (Å²) < 4.78 is 52.6. The van der Waals surface area contributed by atoms with Crippen LogP contribution in [0.15, 0.2) is 28.2 Å². The number of rotatable bonds is 2. The first-order chi connectivity index (χ1) is 8.65. The Bertz CT molecular complexity index is 522. The summed E-state index contributed by atoms with van der Waals surface area (Å²) in [5.74, 6) is -2.60. The van der Waals surface area contributed by atoms with Crippen molar-refractivity contribution >= 4 is 17.6 Å². The summed E-state index contributed by atoms with van der Waals surface area (Å²) in [6.45, 7) is 0. The number of nitrogens with two attached hydrogens (primary N) is 3. The van der Waals surface area contributed by atoms with Crippen molar-refractivity contribution < 1.29 is 22.3 Å². The predicted octanol–water partition coefficient (Wildman–Crippen LogP) is 0.944. The standard InChI is InChI=1S/C9H9F4N5O/c10-4-1-5(17-8(16)18-7(14)15)3-6(2-4)19-9(11,12)13/h1-3H,(H6,14,15,16,17,18). The average molecular weight is 279 g/mol. The number of aliphatic imine (C=N–C) groups is 2. The SMILES string of the molecule is NC(N)=NC(N)=Nc1cc(F)cc(OC(F)(F)F)c1. The molecule has 1 rings (SSSR count). The van der Waals surface area contributed by atoms with Gasteiger partial charge in [-0.15, -0.1) is 13.2 Å². The largest absolute Gasteiger partial charge is 0.573 e. The number of hydrogen-bond donors (Lipinski definition) is 3. The van der Waals surface area contributed by atoms with Crippen molar-refractivity contribution in [2.75, 3.05) is 0 Å². The summed E-state index contributed by atoms with van der Waals surface area (Å²) in [4.78, 5) is 6.83. The highest BCUT2D eigenvalue weighted by Crippen LogP contribution is 2.27. The molecule has 19 heavy (non-hydrogen) atoms. The van der Waals surface area contributed by atoms with E-state index in [9.17, 15) is 17.6 Å². The third kappa shape index (κ3) is 5.57. The van der Waals surface area contributed by atoms with Gasteiger partial charge in [0.2, 0.25) is 5.96 Å². The van der Waals surface area contributed by atoms with E-state index in [1.54, 1.807) is 0 Å². The van der Waals surface area contributed by atoms with Crippen LogP contribution in [0.1, 0.15) is 0 Å². The highest BCUT2D eigenvalue weighted by atomic mass is 19.4. The maximum absolute atomic E-state index is 13.1. The maximum Gasteiger partial charge on any atom is 0.573 e. The van der Waals surface area contributed by atoms with Gasteiger partial charge in [0.1, 0.15) is 11.6 Å². The smallest absolute Gasteiger partial charge is 0.406 e. The molecule has 1 aromatic carbocycles. The van der Waals surface area contributed by atoms with E-state index in [-0.39, 0.29) is 5.69 Å². The van der Waals surface area contributed by atoms with E-state index in [4.69, 9.17) is 17.2 Å². The van der Waals surface area contributed by atoms with E-state index in [0.29, 0.717) is 6.07 Å². The first-order valence-electron chi connectivity index (χ1n) is 4.66. The van der Waals surface area contributed by atoms with Crippen molar-refractivity contribution in [2.45, 2.75) is 6.36 Å². The van der Waals surface area contributed by atoms with Crippen molar-refractivity contribution in [1.82, 2.24) is 0 Å². The monoisotopic (exact) mass is 279 g/mol. The van der Waals surface area contributed by atoms with Gasteiger partial charge in [-0.2, -0.15) is 4.99 Å². The van der Waals surface area contributed by atoms with E-state index >= 15 is 0 Å². The van der Waals surface area contributed by atoms with Crippen LogP contribution in [0.3, 0.4) is 0 Å². The molecule has 1 aromatic rings. The van der Waals surface area contributed by atoms with Crippen LogP contribution in [0.25, 0.3) is 0 Å². The number of ether oxygens (including phenoxy) is 1. The highest BCUT2D eigenvalue weighted by Gasteiger charge is 2.31. The molecule has 0 amide bonds. The molecule has 0 aliphatic carbocycles. The second kappa shape index (κ2) is 5.42. The molecule has 0 saturated heterocycles. The number of nitrogens with zero attached hydrogens (tertiary/aromatic N) is 2. The Balaban J connectivity index is 3.07. The summed E-state index contributed by atoms with van der Waals surface area (Å²) in [7, 11) is 0. The number of halogens is 4. The van der Waals surface area contributed by atoms with Gasteiger partial charge in [0.15, 0.2) is 5.96 Å². The molecule has 10 heteroatoms. The molecule has 6 nitrogen and oxygen atoms in total. The molecule has 0 aromatic heterocycles. The van der Waals surface area contributed by atoms with Crippen LogP contribution < -0.4 is 21.9 Å². The molecular weight excluding hydrogens is 270 g/mol. The summed E-state index contributed by atoms with van der Waals surface area (Å²) in [5.41, 5.74) is 15.0. The minimum atomic E-state index is -4.94. The van der Waals surface area contributed by atoms with Gasteiger partial charge in [0.05, 0.1) is 5.69 Å². The molecule has 6 N–H and O–H groups in total. The third-order valence-electron chi connectivity index (χ3n) is 1.58. The fraction of sp³-hybridized carbons (Fsp3) is 0.111. The van der Waals surface area contributed by atoms with Gasteiger partial charge in [-0.25, -0.2) is 9.38 Å². The van der Waals surface area contributed by atoms with Gasteiger partial charge in [-0.05, 0) is 6.07 Å². The molecule has 0 unspecified atom stereocenters. The fourth-order valence-electron chi connectivity index (χ4n) is 1.09. The maximum atomic E-state index is 13.1. The molecule has 104 valence electrons. The molecule has 0 fully saturated rings. The van der Waals surface area contributed by atoms with Gasteiger partial charge in [-0.3, -0.25) is 0 Å².